The van der Waals surface area contributed by atoms with Gasteiger partial charge in [0.05, 0.1) is 4.88 Å². The van der Waals surface area contributed by atoms with Crippen LogP contribution in [-0.2, 0) is 4.79 Å². The van der Waals surface area contributed by atoms with Crippen LogP contribution in [-0.4, -0.2) is 31.4 Å². The fourth-order valence-corrected chi connectivity index (χ4v) is 3.88. The monoisotopic (exact) mass is 447 g/mol. The van der Waals surface area contributed by atoms with E-state index in [9.17, 15) is 9.59 Å². The Hall–Kier alpha value is -3.38. The minimum atomic E-state index is -0.306. The minimum absolute atomic E-state index is 0.231. The van der Waals surface area contributed by atoms with E-state index in [-0.39, 0.29) is 17.5 Å². The largest absolute Gasteiger partial charge is 0.370 e. The van der Waals surface area contributed by atoms with Gasteiger partial charge in [-0.15, -0.1) is 11.3 Å². The summed E-state index contributed by atoms with van der Waals surface area (Å²) in [6.07, 6.45) is 2.72. The van der Waals surface area contributed by atoms with Crippen molar-refractivity contribution in [1.29, 1.82) is 0 Å². The summed E-state index contributed by atoms with van der Waals surface area (Å²) < 4.78 is 0. The van der Waals surface area contributed by atoms with Gasteiger partial charge in [0.1, 0.15) is 5.70 Å². The van der Waals surface area contributed by atoms with Gasteiger partial charge in [0, 0.05) is 25.3 Å². The molecule has 0 atom stereocenters. The summed E-state index contributed by atoms with van der Waals surface area (Å²) in [5.41, 5.74) is 3.34. The van der Waals surface area contributed by atoms with Crippen LogP contribution in [0.1, 0.15) is 34.1 Å². The van der Waals surface area contributed by atoms with E-state index in [1.165, 1.54) is 11.3 Å². The van der Waals surface area contributed by atoms with Crippen molar-refractivity contribution in [3.8, 4) is 0 Å². The van der Waals surface area contributed by atoms with Gasteiger partial charge in [0.2, 0.25) is 0 Å². The number of para-hydroxylation sites is 1. The average Bonchev–Trinajstić information content (AvgIpc) is 3.35. The number of benzene rings is 2. The number of nitrogens with one attached hydrogen (secondary N) is 2. The summed E-state index contributed by atoms with van der Waals surface area (Å²) in [6, 6.07) is 21.5. The number of hydrogen-bond donors (Lipinski definition) is 2. The second kappa shape index (κ2) is 11.9. The lowest BCUT2D eigenvalue weighted by Crippen LogP contribution is -2.39. The molecule has 0 fully saturated rings. The van der Waals surface area contributed by atoms with Gasteiger partial charge in [-0.25, -0.2) is 0 Å². The topological polar surface area (TPSA) is 61.4 Å². The van der Waals surface area contributed by atoms with Crippen molar-refractivity contribution in [2.45, 2.75) is 20.3 Å². The van der Waals surface area contributed by atoms with Crippen molar-refractivity contribution in [1.82, 2.24) is 10.6 Å². The van der Waals surface area contributed by atoms with Crippen LogP contribution >= 0.6 is 11.3 Å². The predicted octanol–water partition coefficient (Wildman–Crippen LogP) is 4.86. The average molecular weight is 448 g/mol. The number of hydrogen-bond acceptors (Lipinski definition) is 4. The first-order valence-electron chi connectivity index (χ1n) is 10.8. The fraction of sp³-hybridized carbons (Fsp3) is 0.231. The Labute approximate surface area is 193 Å². The molecule has 1 heterocycles. The van der Waals surface area contributed by atoms with Crippen LogP contribution in [0.25, 0.3) is 6.08 Å². The lowest BCUT2D eigenvalue weighted by molar-refractivity contribution is -0.117. The second-order valence-corrected chi connectivity index (χ2v) is 8.43. The Morgan fingerprint density at radius 3 is 2.38 bits per heavy atom. The van der Waals surface area contributed by atoms with E-state index in [1.807, 2.05) is 60.8 Å². The number of aryl methyl sites for hydroxylation is 1. The molecule has 2 amide bonds. The van der Waals surface area contributed by atoms with Crippen molar-refractivity contribution < 1.29 is 9.59 Å². The zero-order valence-electron chi connectivity index (χ0n) is 18.5. The Kier molecular flexibility index (Phi) is 8.63. The van der Waals surface area contributed by atoms with E-state index in [4.69, 9.17) is 0 Å². The molecule has 3 aromatic rings. The molecule has 166 valence electrons. The van der Waals surface area contributed by atoms with Crippen molar-refractivity contribution >= 4 is 34.9 Å². The highest BCUT2D eigenvalue weighted by molar-refractivity contribution is 7.12. The number of carbonyl (C=O) groups excluding carboxylic acids is 2. The highest BCUT2D eigenvalue weighted by Crippen LogP contribution is 2.14. The van der Waals surface area contributed by atoms with Gasteiger partial charge in [-0.2, -0.15) is 0 Å². The van der Waals surface area contributed by atoms with Gasteiger partial charge >= 0.3 is 0 Å². The van der Waals surface area contributed by atoms with Crippen molar-refractivity contribution in [2.24, 2.45) is 0 Å². The molecule has 0 bridgehead atoms. The summed E-state index contributed by atoms with van der Waals surface area (Å²) in [5, 5.41) is 7.59. The van der Waals surface area contributed by atoms with E-state index in [1.54, 1.807) is 12.1 Å². The molecule has 0 aliphatic rings. The van der Waals surface area contributed by atoms with E-state index in [0.717, 1.165) is 29.8 Å². The maximum Gasteiger partial charge on any atom is 0.267 e. The van der Waals surface area contributed by atoms with E-state index >= 15 is 0 Å². The molecule has 2 N–H and O–H groups in total. The third kappa shape index (κ3) is 6.82. The number of rotatable bonds is 10. The quantitative estimate of drug-likeness (QED) is 0.436. The molecule has 0 radical (unpaired) electrons. The highest BCUT2D eigenvalue weighted by Gasteiger charge is 2.15. The number of nitrogens with zero attached hydrogens (tertiary/aromatic N) is 1. The molecular formula is C26H29N3O2S. The summed E-state index contributed by atoms with van der Waals surface area (Å²) in [6.45, 7) is 6.20. The third-order valence-electron chi connectivity index (χ3n) is 4.91. The Balaban J connectivity index is 1.69. The smallest absolute Gasteiger partial charge is 0.267 e. The Morgan fingerprint density at radius 2 is 1.72 bits per heavy atom. The molecule has 0 aliphatic heterocycles. The van der Waals surface area contributed by atoms with E-state index < -0.39 is 0 Å². The van der Waals surface area contributed by atoms with Crippen molar-refractivity contribution in [3.05, 3.63) is 93.8 Å². The predicted molar refractivity (Wildman–Crippen MR) is 133 cm³/mol. The van der Waals surface area contributed by atoms with Crippen molar-refractivity contribution in [3.63, 3.8) is 0 Å². The Bertz CT molecular complexity index is 1030. The number of amides is 2. The molecule has 1 aromatic heterocycles. The maximum absolute atomic E-state index is 13.0. The van der Waals surface area contributed by atoms with Gasteiger partial charge in [-0.05, 0) is 48.6 Å². The van der Waals surface area contributed by atoms with Crippen LogP contribution in [0.3, 0.4) is 0 Å². The molecule has 3 rings (SSSR count). The van der Waals surface area contributed by atoms with Crippen LogP contribution < -0.4 is 15.5 Å². The van der Waals surface area contributed by atoms with Gasteiger partial charge in [-0.1, -0.05) is 61.0 Å². The summed E-state index contributed by atoms with van der Waals surface area (Å²) in [4.78, 5) is 28.4. The van der Waals surface area contributed by atoms with Crippen LogP contribution in [0.5, 0.6) is 0 Å². The molecule has 0 unspecified atom stereocenters. The van der Waals surface area contributed by atoms with Crippen LogP contribution in [0.2, 0.25) is 0 Å². The number of thiophene rings is 1. The third-order valence-corrected chi connectivity index (χ3v) is 5.78. The fourth-order valence-electron chi connectivity index (χ4n) is 3.26. The van der Waals surface area contributed by atoms with E-state index in [2.05, 4.69) is 34.6 Å². The SMILES string of the molecule is CCCN(CCNC(=O)/C(=C/c1ccc(C)cc1)NC(=O)c1cccs1)c1ccccc1. The normalized spacial score (nSPS) is 11.1. The first-order chi connectivity index (χ1) is 15.6. The molecule has 0 aliphatic carbocycles. The maximum atomic E-state index is 13.0. The van der Waals surface area contributed by atoms with Gasteiger partial charge in [0.25, 0.3) is 11.8 Å². The lowest BCUT2D eigenvalue weighted by Gasteiger charge is -2.24. The first kappa shape index (κ1) is 23.3. The molecular weight excluding hydrogens is 418 g/mol. The molecule has 5 nitrogen and oxygen atoms in total. The molecule has 6 heteroatoms. The Morgan fingerprint density at radius 1 is 0.969 bits per heavy atom. The summed E-state index contributed by atoms with van der Waals surface area (Å²) in [5.74, 6) is -0.592. The first-order valence-corrected chi connectivity index (χ1v) is 11.7. The highest BCUT2D eigenvalue weighted by atomic mass is 32.1. The molecule has 32 heavy (non-hydrogen) atoms. The lowest BCUT2D eigenvalue weighted by atomic mass is 10.1. The number of carbonyl (C=O) groups is 2. The second-order valence-electron chi connectivity index (χ2n) is 7.48. The molecule has 0 saturated carbocycles. The number of anilines is 1. The van der Waals surface area contributed by atoms with Gasteiger partial charge in [0.15, 0.2) is 0 Å². The van der Waals surface area contributed by atoms with Gasteiger partial charge in [-0.3, -0.25) is 9.59 Å². The molecule has 2 aromatic carbocycles. The summed E-state index contributed by atoms with van der Waals surface area (Å²) >= 11 is 1.34. The molecule has 0 spiro atoms. The zero-order valence-corrected chi connectivity index (χ0v) is 19.3. The van der Waals surface area contributed by atoms with Crippen LogP contribution in [0.4, 0.5) is 5.69 Å². The standard InChI is InChI=1S/C26H29N3O2S/c1-3-16-29(22-8-5-4-6-9-22)17-15-27-25(30)23(19-21-13-11-20(2)12-14-21)28-26(31)24-10-7-18-32-24/h4-14,18-19H,3,15-17H2,1-2H3,(H,27,30)(H,28,31)/b23-19-. The summed E-state index contributed by atoms with van der Waals surface area (Å²) in [7, 11) is 0. The van der Waals surface area contributed by atoms with Crippen LogP contribution in [0, 0.1) is 6.92 Å². The van der Waals surface area contributed by atoms with E-state index in [0.29, 0.717) is 18.0 Å². The minimum Gasteiger partial charge on any atom is -0.370 e. The molecule has 0 saturated heterocycles. The van der Waals surface area contributed by atoms with Crippen LogP contribution in [0.15, 0.2) is 77.8 Å². The van der Waals surface area contributed by atoms with Gasteiger partial charge < -0.3 is 15.5 Å². The van der Waals surface area contributed by atoms with Crippen molar-refractivity contribution in [2.75, 3.05) is 24.5 Å². The zero-order chi connectivity index (χ0) is 22.8.